The highest BCUT2D eigenvalue weighted by atomic mass is 32.2. The Balaban J connectivity index is 1.87. The molecule has 3 atom stereocenters. The zero-order valence-electron chi connectivity index (χ0n) is 20.4. The van der Waals surface area contributed by atoms with Crippen LogP contribution in [0.1, 0.15) is 57.9 Å². The number of para-hydroxylation sites is 1. The van der Waals surface area contributed by atoms with Gasteiger partial charge >= 0.3 is 5.97 Å². The third-order valence-electron chi connectivity index (χ3n) is 6.41. The minimum Gasteiger partial charge on any atom is -0.463 e. The van der Waals surface area contributed by atoms with E-state index >= 15 is 0 Å². The first-order valence-corrected chi connectivity index (χ1v) is 13.9. The summed E-state index contributed by atoms with van der Waals surface area (Å²) in [7, 11) is -4.02. The standard InChI is InChI=1S/C25H37NO8S/c1-3-5-6-7-10-18-11-8-9-12-20(18)26-35(30,31)23-13-14-25(15-19(23)24(29)32-4-2)33-21(16-27)22(17-28)34-25/h8-9,11-12,15,21-23,26-28H,3-7,10,13-14,16-17H2,1-2H3. The number of hydrogen-bond donors (Lipinski definition) is 3. The molecule has 0 amide bonds. The molecule has 3 unspecified atom stereocenters. The van der Waals surface area contributed by atoms with E-state index in [-0.39, 0.29) is 38.2 Å². The van der Waals surface area contributed by atoms with Crippen molar-refractivity contribution in [1.82, 2.24) is 0 Å². The number of anilines is 1. The number of aryl methyl sites for hydroxylation is 1. The first-order chi connectivity index (χ1) is 16.8. The van der Waals surface area contributed by atoms with Gasteiger partial charge in [0.25, 0.3) is 0 Å². The Labute approximate surface area is 207 Å². The van der Waals surface area contributed by atoms with Gasteiger partial charge in [-0.25, -0.2) is 13.2 Å². The van der Waals surface area contributed by atoms with Crippen molar-refractivity contribution in [2.24, 2.45) is 0 Å². The lowest BCUT2D eigenvalue weighted by Crippen LogP contribution is -2.42. The molecule has 1 aromatic rings. The van der Waals surface area contributed by atoms with Crippen LogP contribution < -0.4 is 4.72 Å². The molecule has 0 aromatic heterocycles. The summed E-state index contributed by atoms with van der Waals surface area (Å²) in [6.45, 7) is 3.09. The Morgan fingerprint density at radius 1 is 1.11 bits per heavy atom. The minimum absolute atomic E-state index is 0.0367. The van der Waals surface area contributed by atoms with E-state index in [1.165, 1.54) is 6.08 Å². The average molecular weight is 512 g/mol. The summed E-state index contributed by atoms with van der Waals surface area (Å²) in [5, 5.41) is 18.0. The van der Waals surface area contributed by atoms with E-state index in [4.69, 9.17) is 14.2 Å². The summed E-state index contributed by atoms with van der Waals surface area (Å²) in [6, 6.07) is 7.29. The summed E-state index contributed by atoms with van der Waals surface area (Å²) in [5.41, 5.74) is 1.32. The topological polar surface area (TPSA) is 131 Å². The maximum Gasteiger partial charge on any atom is 0.335 e. The number of sulfonamides is 1. The summed E-state index contributed by atoms with van der Waals surface area (Å²) in [5.74, 6) is -2.18. The van der Waals surface area contributed by atoms with Gasteiger partial charge in [-0.1, -0.05) is 44.4 Å². The molecular weight excluding hydrogens is 474 g/mol. The number of carbonyl (C=O) groups is 1. The van der Waals surface area contributed by atoms with Gasteiger partial charge in [-0.05, 0) is 43.9 Å². The van der Waals surface area contributed by atoms with Gasteiger partial charge in [0.2, 0.25) is 10.0 Å². The maximum atomic E-state index is 13.5. The van der Waals surface area contributed by atoms with Crippen molar-refractivity contribution in [3.63, 3.8) is 0 Å². The molecule has 1 fully saturated rings. The third kappa shape index (κ3) is 6.62. The van der Waals surface area contributed by atoms with Crippen molar-refractivity contribution < 1.29 is 37.6 Å². The van der Waals surface area contributed by atoms with Crippen molar-refractivity contribution in [3.8, 4) is 0 Å². The van der Waals surface area contributed by atoms with Crippen LogP contribution in [0.2, 0.25) is 0 Å². The second-order valence-electron chi connectivity index (χ2n) is 8.95. The number of nitrogens with one attached hydrogen (secondary N) is 1. The largest absolute Gasteiger partial charge is 0.463 e. The molecule has 1 aliphatic heterocycles. The van der Waals surface area contributed by atoms with Crippen LogP contribution in [-0.2, 0) is 35.4 Å². The predicted molar refractivity (Wildman–Crippen MR) is 131 cm³/mol. The number of rotatable bonds is 12. The molecule has 0 bridgehead atoms. The molecule has 196 valence electrons. The monoisotopic (exact) mass is 511 g/mol. The van der Waals surface area contributed by atoms with Gasteiger partial charge in [0.15, 0.2) is 5.79 Å². The van der Waals surface area contributed by atoms with Crippen molar-refractivity contribution in [3.05, 3.63) is 41.5 Å². The minimum atomic E-state index is -4.02. The van der Waals surface area contributed by atoms with Crippen LogP contribution >= 0.6 is 0 Å². The first kappa shape index (κ1) is 27.6. The molecule has 0 radical (unpaired) electrons. The van der Waals surface area contributed by atoms with Crippen LogP contribution in [0, 0.1) is 0 Å². The van der Waals surface area contributed by atoms with Crippen molar-refractivity contribution in [1.29, 1.82) is 0 Å². The molecule has 1 saturated heterocycles. The van der Waals surface area contributed by atoms with Gasteiger partial charge in [-0.3, -0.25) is 4.72 Å². The summed E-state index contributed by atoms with van der Waals surface area (Å²) in [4.78, 5) is 12.8. The van der Waals surface area contributed by atoms with E-state index in [1.807, 2.05) is 12.1 Å². The summed E-state index contributed by atoms with van der Waals surface area (Å²) in [6.07, 6.45) is 4.96. The number of ether oxygens (including phenoxy) is 3. The smallest absolute Gasteiger partial charge is 0.335 e. The third-order valence-corrected chi connectivity index (χ3v) is 8.15. The molecule has 10 heteroatoms. The van der Waals surface area contributed by atoms with Crippen LogP contribution in [0.5, 0.6) is 0 Å². The highest BCUT2D eigenvalue weighted by Crippen LogP contribution is 2.41. The van der Waals surface area contributed by atoms with Gasteiger partial charge in [-0.15, -0.1) is 0 Å². The van der Waals surface area contributed by atoms with Gasteiger partial charge < -0.3 is 24.4 Å². The fraction of sp³-hybridized carbons (Fsp3) is 0.640. The normalized spacial score (nSPS) is 26.5. The number of benzene rings is 1. The Morgan fingerprint density at radius 2 is 1.80 bits per heavy atom. The first-order valence-electron chi connectivity index (χ1n) is 12.4. The Kier molecular flexibility index (Phi) is 9.71. The number of esters is 1. The lowest BCUT2D eigenvalue weighted by atomic mass is 9.94. The van der Waals surface area contributed by atoms with Crippen LogP contribution in [0.3, 0.4) is 0 Å². The average Bonchev–Trinajstić information content (AvgIpc) is 3.19. The van der Waals surface area contributed by atoms with Gasteiger partial charge in [0, 0.05) is 6.42 Å². The molecular formula is C25H37NO8S. The fourth-order valence-corrected chi connectivity index (χ4v) is 6.18. The molecule has 1 heterocycles. The van der Waals surface area contributed by atoms with E-state index in [1.54, 1.807) is 19.1 Å². The van der Waals surface area contributed by atoms with Crippen molar-refractivity contribution >= 4 is 21.7 Å². The highest BCUT2D eigenvalue weighted by Gasteiger charge is 2.51. The van der Waals surface area contributed by atoms with E-state index in [0.717, 1.165) is 37.7 Å². The van der Waals surface area contributed by atoms with Crippen LogP contribution in [0.25, 0.3) is 0 Å². The summed E-state index contributed by atoms with van der Waals surface area (Å²) >= 11 is 0. The van der Waals surface area contributed by atoms with Gasteiger partial charge in [0.1, 0.15) is 17.5 Å². The lowest BCUT2D eigenvalue weighted by Gasteiger charge is -2.33. The number of carbonyl (C=O) groups excluding carboxylic acids is 1. The van der Waals surface area contributed by atoms with E-state index in [2.05, 4.69) is 11.6 Å². The van der Waals surface area contributed by atoms with Gasteiger partial charge in [0.05, 0.1) is 31.1 Å². The van der Waals surface area contributed by atoms with E-state index < -0.39 is 39.2 Å². The molecule has 1 aliphatic carbocycles. The van der Waals surface area contributed by atoms with Crippen molar-refractivity contribution in [2.45, 2.75) is 82.0 Å². The molecule has 3 N–H and O–H groups in total. The fourth-order valence-electron chi connectivity index (χ4n) is 4.61. The number of aliphatic hydroxyl groups is 2. The van der Waals surface area contributed by atoms with Crippen LogP contribution in [-0.4, -0.2) is 67.7 Å². The molecule has 35 heavy (non-hydrogen) atoms. The molecule has 9 nitrogen and oxygen atoms in total. The molecule has 1 aromatic carbocycles. The van der Waals surface area contributed by atoms with Crippen molar-refractivity contribution in [2.75, 3.05) is 24.5 Å². The second kappa shape index (κ2) is 12.3. The maximum absolute atomic E-state index is 13.5. The molecule has 0 saturated carbocycles. The van der Waals surface area contributed by atoms with Gasteiger partial charge in [-0.2, -0.15) is 0 Å². The number of hydrogen-bond acceptors (Lipinski definition) is 8. The predicted octanol–water partition coefficient (Wildman–Crippen LogP) is 2.67. The van der Waals surface area contributed by atoms with Crippen LogP contribution in [0.4, 0.5) is 5.69 Å². The number of aliphatic hydroxyl groups excluding tert-OH is 2. The second-order valence-corrected chi connectivity index (χ2v) is 10.8. The highest BCUT2D eigenvalue weighted by molar-refractivity contribution is 7.93. The lowest BCUT2D eigenvalue weighted by molar-refractivity contribution is -0.154. The zero-order valence-corrected chi connectivity index (χ0v) is 21.3. The Hall–Kier alpha value is -1.98. The van der Waals surface area contributed by atoms with E-state index in [0.29, 0.717) is 5.69 Å². The zero-order chi connectivity index (χ0) is 25.5. The Morgan fingerprint density at radius 3 is 2.43 bits per heavy atom. The van der Waals surface area contributed by atoms with E-state index in [9.17, 15) is 23.4 Å². The summed E-state index contributed by atoms with van der Waals surface area (Å²) < 4.78 is 46.6. The van der Waals surface area contributed by atoms with Crippen LogP contribution in [0.15, 0.2) is 35.9 Å². The molecule has 2 aliphatic rings. The molecule has 3 rings (SSSR count). The SMILES string of the molecule is CCCCCCc1ccccc1NS(=O)(=O)C1CCC2(C=C1C(=O)OCC)OC(CO)C(CO)O2. The molecule has 1 spiro atoms. The Bertz CT molecular complexity index is 981. The quantitative estimate of drug-likeness (QED) is 0.288. The number of unbranched alkanes of at least 4 members (excludes halogenated alkanes) is 3.